The predicted octanol–water partition coefficient (Wildman–Crippen LogP) is 4.21. The lowest BCUT2D eigenvalue weighted by Crippen LogP contribution is -2.12. The van der Waals surface area contributed by atoms with Gasteiger partial charge in [-0.2, -0.15) is 5.26 Å². The van der Waals surface area contributed by atoms with Crippen molar-refractivity contribution in [2.24, 2.45) is 5.92 Å². The van der Waals surface area contributed by atoms with Crippen LogP contribution in [0.2, 0.25) is 0 Å². The molecule has 0 radical (unpaired) electrons. The first-order valence-corrected chi connectivity index (χ1v) is 8.24. The van der Waals surface area contributed by atoms with Crippen LogP contribution in [0.25, 0.3) is 0 Å². The molecule has 0 spiro atoms. The fourth-order valence-corrected chi connectivity index (χ4v) is 4.34. The summed E-state index contributed by atoms with van der Waals surface area (Å²) < 4.78 is 5.40. The molecule has 4 nitrogen and oxygen atoms in total. The number of nitrogens with zero attached hydrogens (tertiary/aromatic N) is 1. The van der Waals surface area contributed by atoms with Crippen LogP contribution >= 0.6 is 11.3 Å². The van der Waals surface area contributed by atoms with Crippen LogP contribution in [0.3, 0.4) is 0 Å². The van der Waals surface area contributed by atoms with E-state index in [0.717, 1.165) is 24.8 Å². The van der Waals surface area contributed by atoms with Crippen molar-refractivity contribution in [3.63, 3.8) is 0 Å². The van der Waals surface area contributed by atoms with Crippen LogP contribution in [0.1, 0.15) is 51.2 Å². The number of carbonyl (C=O) groups excluding carboxylic acids is 1. The quantitative estimate of drug-likeness (QED) is 0.903. The van der Waals surface area contributed by atoms with Crippen LogP contribution in [0.4, 0.5) is 5.00 Å². The molecule has 0 bridgehead atoms. The molecule has 0 aromatic carbocycles. The molecule has 3 rings (SSSR count). The van der Waals surface area contributed by atoms with E-state index in [1.807, 2.05) is 6.92 Å². The molecule has 1 amide bonds. The van der Waals surface area contributed by atoms with Crippen LogP contribution < -0.4 is 5.32 Å². The van der Waals surface area contributed by atoms with E-state index < -0.39 is 0 Å². The van der Waals surface area contributed by atoms with Crippen molar-refractivity contribution in [3.8, 4) is 6.07 Å². The van der Waals surface area contributed by atoms with Crippen LogP contribution in [0.5, 0.6) is 0 Å². The number of hydrogen-bond donors (Lipinski definition) is 1. The topological polar surface area (TPSA) is 66.0 Å². The minimum absolute atomic E-state index is 0.211. The fourth-order valence-electron chi connectivity index (χ4n) is 2.98. The molecule has 0 unspecified atom stereocenters. The number of amides is 1. The van der Waals surface area contributed by atoms with E-state index in [1.54, 1.807) is 24.3 Å². The summed E-state index contributed by atoms with van der Waals surface area (Å²) >= 11 is 1.54. The molecule has 1 aliphatic carbocycles. The molecule has 0 aliphatic heterocycles. The number of rotatable bonds is 2. The summed E-state index contributed by atoms with van der Waals surface area (Å²) in [7, 11) is 0. The Bertz CT molecular complexity index is 779. The molecular weight excluding hydrogens is 296 g/mol. The molecule has 2 heterocycles. The van der Waals surface area contributed by atoms with Crippen molar-refractivity contribution >= 4 is 22.2 Å². The van der Waals surface area contributed by atoms with E-state index in [9.17, 15) is 10.1 Å². The molecule has 0 saturated carbocycles. The second-order valence-electron chi connectivity index (χ2n) is 5.95. The third kappa shape index (κ3) is 2.55. The second-order valence-corrected chi connectivity index (χ2v) is 7.05. The smallest absolute Gasteiger partial charge is 0.259 e. The van der Waals surface area contributed by atoms with Gasteiger partial charge >= 0.3 is 0 Å². The van der Waals surface area contributed by atoms with Crippen molar-refractivity contribution in [2.75, 3.05) is 5.32 Å². The Morgan fingerprint density at radius 3 is 2.91 bits per heavy atom. The van der Waals surface area contributed by atoms with Gasteiger partial charge in [0.2, 0.25) is 0 Å². The van der Waals surface area contributed by atoms with E-state index >= 15 is 0 Å². The lowest BCUT2D eigenvalue weighted by atomic mass is 9.88. The Labute approximate surface area is 133 Å². The summed E-state index contributed by atoms with van der Waals surface area (Å²) in [6.07, 6.45) is 3.02. The lowest BCUT2D eigenvalue weighted by Gasteiger charge is -2.17. The summed E-state index contributed by atoms with van der Waals surface area (Å²) in [6.45, 7) is 5.81. The Hall–Kier alpha value is -2.06. The molecule has 1 atom stereocenters. The largest absolute Gasteiger partial charge is 0.466 e. The van der Waals surface area contributed by atoms with Crippen molar-refractivity contribution in [3.05, 3.63) is 39.2 Å². The second kappa shape index (κ2) is 5.62. The monoisotopic (exact) mass is 314 g/mol. The number of thiophene rings is 1. The van der Waals surface area contributed by atoms with Crippen LogP contribution in [-0.4, -0.2) is 5.91 Å². The molecule has 1 N–H and O–H groups in total. The maximum absolute atomic E-state index is 12.4. The summed E-state index contributed by atoms with van der Waals surface area (Å²) in [6, 6.07) is 4.00. The first-order valence-electron chi connectivity index (χ1n) is 7.42. The van der Waals surface area contributed by atoms with Gasteiger partial charge in [0.25, 0.3) is 5.91 Å². The van der Waals surface area contributed by atoms with Crippen LogP contribution in [0, 0.1) is 31.1 Å². The molecule has 22 heavy (non-hydrogen) atoms. The minimum Gasteiger partial charge on any atom is -0.466 e. The standard InChI is InChI=1S/C17H18N2O2S/c1-9-4-5-12-14(8-18)17(22-15(12)6-9)19-16(20)13-7-10(2)21-11(13)3/h7,9H,4-6H2,1-3H3,(H,19,20)/t9-/m1/s1. The number of anilines is 1. The highest BCUT2D eigenvalue weighted by Crippen LogP contribution is 2.39. The number of hydrogen-bond acceptors (Lipinski definition) is 4. The van der Waals surface area contributed by atoms with E-state index in [0.29, 0.717) is 33.6 Å². The fraction of sp³-hybridized carbons (Fsp3) is 0.412. The summed E-state index contributed by atoms with van der Waals surface area (Å²) in [4.78, 5) is 13.7. The van der Waals surface area contributed by atoms with Gasteiger partial charge in [-0.25, -0.2) is 0 Å². The molecule has 0 fully saturated rings. The van der Waals surface area contributed by atoms with Gasteiger partial charge in [0.05, 0.1) is 11.1 Å². The van der Waals surface area contributed by atoms with Crippen molar-refractivity contribution in [1.29, 1.82) is 5.26 Å². The molecule has 0 saturated heterocycles. The maximum atomic E-state index is 12.4. The van der Waals surface area contributed by atoms with Crippen molar-refractivity contribution in [1.82, 2.24) is 0 Å². The zero-order valence-corrected chi connectivity index (χ0v) is 13.8. The van der Waals surface area contributed by atoms with Gasteiger partial charge in [-0.05, 0) is 50.7 Å². The normalized spacial score (nSPS) is 16.9. The molecule has 114 valence electrons. The number of nitrogens with one attached hydrogen (secondary N) is 1. The average Bonchev–Trinajstić information content (AvgIpc) is 2.97. The molecule has 5 heteroatoms. The number of furan rings is 1. The van der Waals surface area contributed by atoms with Gasteiger partial charge < -0.3 is 9.73 Å². The first kappa shape index (κ1) is 14.9. The van der Waals surface area contributed by atoms with Crippen molar-refractivity contribution in [2.45, 2.75) is 40.0 Å². The van der Waals surface area contributed by atoms with Crippen LogP contribution in [-0.2, 0) is 12.8 Å². The van der Waals surface area contributed by atoms with E-state index in [1.165, 1.54) is 4.88 Å². The third-order valence-corrected chi connectivity index (χ3v) is 5.31. The average molecular weight is 314 g/mol. The minimum atomic E-state index is -0.211. The highest BCUT2D eigenvalue weighted by molar-refractivity contribution is 7.16. The number of carbonyl (C=O) groups is 1. The molecular formula is C17H18N2O2S. The Morgan fingerprint density at radius 2 is 2.27 bits per heavy atom. The van der Waals surface area contributed by atoms with Gasteiger partial charge in [-0.3, -0.25) is 4.79 Å². The summed E-state index contributed by atoms with van der Waals surface area (Å²) in [5.74, 6) is 1.74. The van der Waals surface area contributed by atoms with Gasteiger partial charge in [-0.15, -0.1) is 11.3 Å². The van der Waals surface area contributed by atoms with Gasteiger partial charge in [0, 0.05) is 4.88 Å². The predicted molar refractivity (Wildman–Crippen MR) is 86.4 cm³/mol. The Kier molecular flexibility index (Phi) is 3.79. The Balaban J connectivity index is 1.91. The van der Waals surface area contributed by atoms with E-state index in [2.05, 4.69) is 18.3 Å². The molecule has 2 aromatic heterocycles. The zero-order valence-electron chi connectivity index (χ0n) is 12.9. The molecule has 1 aliphatic rings. The number of nitriles is 1. The zero-order chi connectivity index (χ0) is 15.9. The van der Waals surface area contributed by atoms with E-state index in [4.69, 9.17) is 4.42 Å². The van der Waals surface area contributed by atoms with Gasteiger partial charge in [-0.1, -0.05) is 6.92 Å². The number of aryl methyl sites for hydroxylation is 2. The Morgan fingerprint density at radius 1 is 1.50 bits per heavy atom. The SMILES string of the molecule is Cc1cc(C(=O)Nc2sc3c(c2C#N)CC[C@@H](C)C3)c(C)o1. The summed E-state index contributed by atoms with van der Waals surface area (Å²) in [5, 5.41) is 13.0. The summed E-state index contributed by atoms with van der Waals surface area (Å²) in [5.41, 5.74) is 2.29. The number of fused-ring (bicyclic) bond motifs is 1. The molecule has 2 aromatic rings. The van der Waals surface area contributed by atoms with Gasteiger partial charge in [0.1, 0.15) is 22.6 Å². The maximum Gasteiger partial charge on any atom is 0.259 e. The highest BCUT2D eigenvalue weighted by Gasteiger charge is 2.25. The van der Waals surface area contributed by atoms with Crippen molar-refractivity contribution < 1.29 is 9.21 Å². The lowest BCUT2D eigenvalue weighted by molar-refractivity contribution is 0.102. The first-order chi connectivity index (χ1) is 10.5. The van der Waals surface area contributed by atoms with Gasteiger partial charge in [0.15, 0.2) is 0 Å². The highest BCUT2D eigenvalue weighted by atomic mass is 32.1. The third-order valence-electron chi connectivity index (χ3n) is 4.14. The van der Waals surface area contributed by atoms with E-state index in [-0.39, 0.29) is 5.91 Å². The van der Waals surface area contributed by atoms with Crippen LogP contribution in [0.15, 0.2) is 10.5 Å².